The highest BCUT2D eigenvalue weighted by molar-refractivity contribution is 8.23. The predicted molar refractivity (Wildman–Crippen MR) is 123 cm³/mol. The van der Waals surface area contributed by atoms with Crippen molar-refractivity contribution in [2.45, 2.75) is 11.8 Å². The lowest BCUT2D eigenvalue weighted by Gasteiger charge is -2.32. The average Bonchev–Trinajstić information content (AvgIpc) is 2.73. The number of aromatic nitrogens is 3. The molecular formula is C21H18N6O3S. The largest absolute Gasteiger partial charge is 0.369 e. The van der Waals surface area contributed by atoms with Crippen molar-refractivity contribution >= 4 is 39.3 Å². The van der Waals surface area contributed by atoms with Crippen LogP contribution in [-0.4, -0.2) is 29.5 Å². The molecule has 5 rings (SSSR count). The molecule has 0 radical (unpaired) electrons. The van der Waals surface area contributed by atoms with Gasteiger partial charge in [-0.25, -0.2) is 14.5 Å². The summed E-state index contributed by atoms with van der Waals surface area (Å²) in [6, 6.07) is 15.8. The molecule has 0 saturated carbocycles. The molecule has 0 amide bonds. The van der Waals surface area contributed by atoms with Crippen LogP contribution in [0.5, 0.6) is 0 Å². The first-order valence-electron chi connectivity index (χ1n) is 9.33. The Kier molecular flexibility index (Phi) is 4.29. The van der Waals surface area contributed by atoms with E-state index in [-0.39, 0.29) is 16.4 Å². The van der Waals surface area contributed by atoms with Crippen LogP contribution in [-0.2, 0) is 0 Å². The minimum absolute atomic E-state index is 0.0974. The van der Waals surface area contributed by atoms with Crippen LogP contribution in [0.3, 0.4) is 0 Å². The normalized spacial score (nSPS) is 15.6. The number of hydrogen-bond acceptors (Lipinski definition) is 8. The quantitative estimate of drug-likeness (QED) is 0.375. The number of pyridine rings is 1. The zero-order valence-electron chi connectivity index (χ0n) is 16.4. The molecule has 0 unspecified atom stereocenters. The second-order valence-corrected chi connectivity index (χ2v) is 8.73. The number of nitrogen functional groups attached to an aromatic ring is 1. The molecule has 1 aliphatic heterocycles. The monoisotopic (exact) mass is 434 g/mol. The van der Waals surface area contributed by atoms with E-state index in [0.717, 1.165) is 0 Å². The van der Waals surface area contributed by atoms with Gasteiger partial charge in [-0.3, -0.25) is 13.9 Å². The Hall–Kier alpha value is -3.73. The molecule has 5 N–H and O–H groups in total. The van der Waals surface area contributed by atoms with E-state index in [4.69, 9.17) is 5.73 Å². The van der Waals surface area contributed by atoms with Crippen LogP contribution in [0.4, 0.5) is 11.8 Å². The van der Waals surface area contributed by atoms with Crippen molar-refractivity contribution < 1.29 is 9.11 Å². The number of nitrogens with zero attached hydrogens (tertiary/aromatic N) is 4. The molecule has 0 saturated heterocycles. The summed E-state index contributed by atoms with van der Waals surface area (Å²) in [5.41, 5.74) is 8.13. The van der Waals surface area contributed by atoms with Gasteiger partial charge in [-0.15, -0.1) is 4.40 Å². The number of hydrogen-bond donors (Lipinski definition) is 4. The maximum absolute atomic E-state index is 13.2. The molecule has 4 aromatic rings. The van der Waals surface area contributed by atoms with Crippen molar-refractivity contribution in [2.75, 3.05) is 11.1 Å². The molecule has 9 nitrogen and oxygen atoms in total. The lowest BCUT2D eigenvalue weighted by atomic mass is 10.1. The topological polar surface area (TPSA) is 139 Å². The second kappa shape index (κ2) is 6.91. The lowest BCUT2D eigenvalue weighted by Crippen LogP contribution is -2.23. The second-order valence-electron chi connectivity index (χ2n) is 7.07. The van der Waals surface area contributed by atoms with Crippen LogP contribution in [0.15, 0.2) is 74.9 Å². The molecule has 2 aromatic heterocycles. The molecule has 0 aliphatic carbocycles. The molecular weight excluding hydrogens is 416 g/mol. The Labute approximate surface area is 178 Å². The van der Waals surface area contributed by atoms with Gasteiger partial charge in [0.15, 0.2) is 5.82 Å². The van der Waals surface area contributed by atoms with Gasteiger partial charge in [-0.2, -0.15) is 0 Å². The van der Waals surface area contributed by atoms with Crippen molar-refractivity contribution in [3.63, 3.8) is 0 Å². The van der Waals surface area contributed by atoms with E-state index in [2.05, 4.69) is 19.7 Å². The number of benzene rings is 2. The Balaban J connectivity index is 1.68. The van der Waals surface area contributed by atoms with Gasteiger partial charge in [0, 0.05) is 11.8 Å². The van der Waals surface area contributed by atoms with E-state index >= 15 is 0 Å². The summed E-state index contributed by atoms with van der Waals surface area (Å²) < 4.78 is 26.0. The summed E-state index contributed by atoms with van der Waals surface area (Å²) in [6.45, 7) is 1.63. The van der Waals surface area contributed by atoms with Crippen molar-refractivity contribution in [1.29, 1.82) is 0 Å². The molecule has 31 heavy (non-hydrogen) atoms. The van der Waals surface area contributed by atoms with Gasteiger partial charge >= 0.3 is 0 Å². The third kappa shape index (κ3) is 3.22. The number of para-hydroxylation sites is 1. The summed E-state index contributed by atoms with van der Waals surface area (Å²) >= 11 is 0. The Morgan fingerprint density at radius 1 is 1.06 bits per heavy atom. The number of rotatable bonds is 2. The van der Waals surface area contributed by atoms with Gasteiger partial charge in [-0.1, -0.05) is 35.0 Å². The van der Waals surface area contributed by atoms with E-state index in [0.29, 0.717) is 39.4 Å². The first-order valence-corrected chi connectivity index (χ1v) is 10.8. The van der Waals surface area contributed by atoms with Crippen LogP contribution in [0.2, 0.25) is 0 Å². The van der Waals surface area contributed by atoms with E-state index in [1.807, 2.05) is 18.2 Å². The zero-order valence-corrected chi connectivity index (χ0v) is 17.2. The first-order chi connectivity index (χ1) is 14.8. The van der Waals surface area contributed by atoms with E-state index in [1.165, 1.54) is 4.57 Å². The van der Waals surface area contributed by atoms with Crippen LogP contribution < -0.4 is 16.6 Å². The first kappa shape index (κ1) is 19.2. The minimum atomic E-state index is -3.35. The van der Waals surface area contributed by atoms with Gasteiger partial charge in [-0.05, 0) is 42.8 Å². The minimum Gasteiger partial charge on any atom is -0.369 e. The van der Waals surface area contributed by atoms with Crippen LogP contribution in [0.25, 0.3) is 27.7 Å². The molecule has 0 bridgehead atoms. The van der Waals surface area contributed by atoms with Gasteiger partial charge in [0.25, 0.3) is 5.56 Å². The summed E-state index contributed by atoms with van der Waals surface area (Å²) in [5, 5.41) is 3.31. The molecule has 0 atom stereocenters. The summed E-state index contributed by atoms with van der Waals surface area (Å²) in [6.07, 6.45) is 1.60. The molecule has 0 spiro atoms. The fraction of sp³-hybridized carbons (Fsp3) is 0.0476. The SMILES string of the molecule is CC1=NS(O)(O)c2cc(-c3ccc4nc(N)n(-c5ccccc5)c(=O)c4c3)cnc2N1. The van der Waals surface area contributed by atoms with E-state index < -0.39 is 10.8 Å². The molecule has 1 aliphatic rings. The highest BCUT2D eigenvalue weighted by Gasteiger charge is 2.26. The maximum atomic E-state index is 13.2. The molecule has 10 heteroatoms. The average molecular weight is 434 g/mol. The summed E-state index contributed by atoms with van der Waals surface area (Å²) in [5.74, 6) is 0.821. The fourth-order valence-electron chi connectivity index (χ4n) is 3.55. The van der Waals surface area contributed by atoms with Gasteiger partial charge in [0.05, 0.1) is 16.6 Å². The number of nitrogens with one attached hydrogen (secondary N) is 1. The van der Waals surface area contributed by atoms with Crippen molar-refractivity contribution in [1.82, 2.24) is 14.5 Å². The van der Waals surface area contributed by atoms with Crippen molar-refractivity contribution in [2.24, 2.45) is 4.40 Å². The van der Waals surface area contributed by atoms with Gasteiger partial charge < -0.3 is 11.1 Å². The fourth-order valence-corrected chi connectivity index (χ4v) is 4.72. The Bertz CT molecular complexity index is 1430. The van der Waals surface area contributed by atoms with Crippen LogP contribution in [0.1, 0.15) is 6.92 Å². The molecule has 156 valence electrons. The Morgan fingerprint density at radius 2 is 1.84 bits per heavy atom. The summed E-state index contributed by atoms with van der Waals surface area (Å²) in [4.78, 5) is 22.1. The standard InChI is InChI=1S/C21H18N6O3S/c1-12-24-19-18(31(29,30)26-12)10-14(11-23-19)13-7-8-17-16(9-13)20(28)27(21(22)25-17)15-5-3-2-4-6-15/h2-11,29-30H,1H3,(H2,22,25)(H,23,24,26). The lowest BCUT2D eigenvalue weighted by molar-refractivity contribution is 0.488. The summed E-state index contributed by atoms with van der Waals surface area (Å²) in [7, 11) is -3.35. The molecule has 3 heterocycles. The van der Waals surface area contributed by atoms with Crippen molar-refractivity contribution in [3.8, 4) is 16.8 Å². The highest BCUT2D eigenvalue weighted by Crippen LogP contribution is 2.55. The maximum Gasteiger partial charge on any atom is 0.267 e. The third-order valence-electron chi connectivity index (χ3n) is 4.95. The number of nitrogens with two attached hydrogens (primary N) is 1. The van der Waals surface area contributed by atoms with Crippen LogP contribution >= 0.6 is 10.8 Å². The smallest absolute Gasteiger partial charge is 0.267 e. The van der Waals surface area contributed by atoms with E-state index in [1.54, 1.807) is 49.5 Å². The number of anilines is 2. The van der Waals surface area contributed by atoms with Crippen LogP contribution in [0, 0.1) is 0 Å². The Morgan fingerprint density at radius 3 is 2.61 bits per heavy atom. The van der Waals surface area contributed by atoms with E-state index in [9.17, 15) is 13.9 Å². The van der Waals surface area contributed by atoms with Gasteiger partial charge in [0.2, 0.25) is 5.95 Å². The molecule has 0 fully saturated rings. The van der Waals surface area contributed by atoms with Gasteiger partial charge in [0.1, 0.15) is 10.7 Å². The molecule has 2 aromatic carbocycles. The number of fused-ring (bicyclic) bond motifs is 2. The predicted octanol–water partition coefficient (Wildman–Crippen LogP) is 3.90. The zero-order chi connectivity index (χ0) is 21.8. The van der Waals surface area contributed by atoms with Crippen molar-refractivity contribution in [3.05, 3.63) is 71.1 Å². The highest BCUT2D eigenvalue weighted by atomic mass is 32.3. The third-order valence-corrected chi connectivity index (χ3v) is 6.38. The number of amidine groups is 1.